The summed E-state index contributed by atoms with van der Waals surface area (Å²) in [6, 6.07) is 6.70. The lowest BCUT2D eigenvalue weighted by Crippen LogP contribution is -2.38. The molecule has 0 spiro atoms. The molecule has 0 unspecified atom stereocenters. The van der Waals surface area contributed by atoms with Gasteiger partial charge in [0, 0.05) is 18.3 Å². The molecule has 2 rings (SSSR count). The fourth-order valence-electron chi connectivity index (χ4n) is 1.73. The molecule has 0 heterocycles. The van der Waals surface area contributed by atoms with Gasteiger partial charge >= 0.3 is 0 Å². The van der Waals surface area contributed by atoms with Crippen molar-refractivity contribution >= 4 is 11.6 Å². The van der Waals surface area contributed by atoms with Crippen LogP contribution in [-0.4, -0.2) is 25.0 Å². The molecule has 0 atom stereocenters. The normalized spacial score (nSPS) is 14.5. The summed E-state index contributed by atoms with van der Waals surface area (Å²) in [5.41, 5.74) is 0.749. The molecule has 0 saturated heterocycles. The maximum atomic E-state index is 13.1. The predicted octanol–water partition coefficient (Wildman–Crippen LogP) is 1.93. The zero-order valence-corrected chi connectivity index (χ0v) is 9.95. The SMILES string of the molecule is CCN(CC(=O)NC1CC1)c1cccc(F)c1. The second-order valence-electron chi connectivity index (χ2n) is 4.34. The van der Waals surface area contributed by atoms with Gasteiger partial charge in [0.15, 0.2) is 0 Å². The van der Waals surface area contributed by atoms with Gasteiger partial charge in [0.2, 0.25) is 5.91 Å². The van der Waals surface area contributed by atoms with E-state index in [9.17, 15) is 9.18 Å². The third kappa shape index (κ3) is 3.44. The Bertz CT molecular complexity index is 404. The summed E-state index contributed by atoms with van der Waals surface area (Å²) in [6.45, 7) is 2.92. The molecule has 0 aromatic heterocycles. The molecule has 1 saturated carbocycles. The number of benzene rings is 1. The Kier molecular flexibility index (Phi) is 3.61. The number of nitrogens with one attached hydrogen (secondary N) is 1. The van der Waals surface area contributed by atoms with Crippen LogP contribution >= 0.6 is 0 Å². The minimum absolute atomic E-state index is 0.0126. The van der Waals surface area contributed by atoms with E-state index in [2.05, 4.69) is 5.32 Å². The summed E-state index contributed by atoms with van der Waals surface area (Å²) in [4.78, 5) is 13.5. The summed E-state index contributed by atoms with van der Waals surface area (Å²) in [6.07, 6.45) is 2.16. The van der Waals surface area contributed by atoms with Gasteiger partial charge in [0.05, 0.1) is 6.54 Å². The molecular formula is C13H17FN2O. The van der Waals surface area contributed by atoms with E-state index in [0.29, 0.717) is 12.6 Å². The van der Waals surface area contributed by atoms with Crippen molar-refractivity contribution < 1.29 is 9.18 Å². The topological polar surface area (TPSA) is 32.3 Å². The molecule has 92 valence electrons. The number of rotatable bonds is 5. The number of anilines is 1. The van der Waals surface area contributed by atoms with Crippen LogP contribution in [0, 0.1) is 5.82 Å². The molecule has 0 aliphatic heterocycles. The number of hydrogen-bond acceptors (Lipinski definition) is 2. The largest absolute Gasteiger partial charge is 0.362 e. The lowest BCUT2D eigenvalue weighted by atomic mass is 10.2. The van der Waals surface area contributed by atoms with Gasteiger partial charge < -0.3 is 10.2 Å². The molecule has 0 radical (unpaired) electrons. The maximum absolute atomic E-state index is 13.1. The first-order valence-corrected chi connectivity index (χ1v) is 5.99. The van der Waals surface area contributed by atoms with Crippen LogP contribution < -0.4 is 10.2 Å². The summed E-state index contributed by atoms with van der Waals surface area (Å²) in [5.74, 6) is -0.262. The number of likely N-dealkylation sites (N-methyl/N-ethyl adjacent to an activating group) is 1. The number of carbonyl (C=O) groups excluding carboxylic acids is 1. The van der Waals surface area contributed by atoms with Crippen molar-refractivity contribution in [1.82, 2.24) is 5.32 Å². The van der Waals surface area contributed by atoms with Gasteiger partial charge in [0.25, 0.3) is 0 Å². The highest BCUT2D eigenvalue weighted by Gasteiger charge is 2.23. The summed E-state index contributed by atoms with van der Waals surface area (Å²) in [5, 5.41) is 2.93. The minimum atomic E-state index is -0.274. The third-order valence-corrected chi connectivity index (χ3v) is 2.83. The first-order valence-electron chi connectivity index (χ1n) is 5.99. The summed E-state index contributed by atoms with van der Waals surface area (Å²) in [7, 11) is 0. The van der Waals surface area contributed by atoms with Crippen LogP contribution in [0.25, 0.3) is 0 Å². The van der Waals surface area contributed by atoms with Gasteiger partial charge in [0.1, 0.15) is 5.82 Å². The first-order chi connectivity index (χ1) is 8.19. The van der Waals surface area contributed by atoms with Crippen LogP contribution in [0.15, 0.2) is 24.3 Å². The quantitative estimate of drug-likeness (QED) is 0.847. The number of halogens is 1. The van der Waals surface area contributed by atoms with E-state index in [0.717, 1.165) is 18.5 Å². The summed E-state index contributed by atoms with van der Waals surface area (Å²) < 4.78 is 13.1. The van der Waals surface area contributed by atoms with Crippen molar-refractivity contribution in [1.29, 1.82) is 0 Å². The van der Waals surface area contributed by atoms with Gasteiger partial charge in [-0.25, -0.2) is 4.39 Å². The molecule has 17 heavy (non-hydrogen) atoms. The average molecular weight is 236 g/mol. The Balaban J connectivity index is 1.97. The monoisotopic (exact) mass is 236 g/mol. The van der Waals surface area contributed by atoms with Gasteiger partial charge in [-0.15, -0.1) is 0 Å². The molecule has 3 nitrogen and oxygen atoms in total. The number of nitrogens with zero attached hydrogens (tertiary/aromatic N) is 1. The van der Waals surface area contributed by atoms with Crippen molar-refractivity contribution in [2.24, 2.45) is 0 Å². The Morgan fingerprint density at radius 2 is 2.29 bits per heavy atom. The highest BCUT2D eigenvalue weighted by atomic mass is 19.1. The molecule has 1 amide bonds. The Morgan fingerprint density at radius 1 is 1.53 bits per heavy atom. The third-order valence-electron chi connectivity index (χ3n) is 2.83. The zero-order valence-electron chi connectivity index (χ0n) is 9.95. The van der Waals surface area contributed by atoms with Gasteiger partial charge in [-0.3, -0.25) is 4.79 Å². The molecular weight excluding hydrogens is 219 g/mol. The number of amides is 1. The van der Waals surface area contributed by atoms with Crippen molar-refractivity contribution in [3.8, 4) is 0 Å². The zero-order chi connectivity index (χ0) is 12.3. The lowest BCUT2D eigenvalue weighted by Gasteiger charge is -2.22. The molecule has 1 aliphatic carbocycles. The van der Waals surface area contributed by atoms with Gasteiger partial charge in [-0.1, -0.05) is 6.07 Å². The van der Waals surface area contributed by atoms with E-state index in [-0.39, 0.29) is 18.3 Å². The standard InChI is InChI=1S/C13H17FN2O/c1-2-16(9-13(17)15-11-6-7-11)12-5-3-4-10(14)8-12/h3-5,8,11H,2,6-7,9H2,1H3,(H,15,17). The second-order valence-corrected chi connectivity index (χ2v) is 4.34. The van der Waals surface area contributed by atoms with Crippen LogP contribution in [-0.2, 0) is 4.79 Å². The van der Waals surface area contributed by atoms with E-state index >= 15 is 0 Å². The lowest BCUT2D eigenvalue weighted by molar-refractivity contribution is -0.119. The van der Waals surface area contributed by atoms with Crippen molar-refractivity contribution in [3.63, 3.8) is 0 Å². The van der Waals surface area contributed by atoms with E-state index in [1.807, 2.05) is 17.9 Å². The van der Waals surface area contributed by atoms with Crippen molar-refractivity contribution in [3.05, 3.63) is 30.1 Å². The van der Waals surface area contributed by atoms with Crippen molar-refractivity contribution in [2.45, 2.75) is 25.8 Å². The highest BCUT2D eigenvalue weighted by Crippen LogP contribution is 2.19. The minimum Gasteiger partial charge on any atom is -0.362 e. The molecule has 1 N–H and O–H groups in total. The van der Waals surface area contributed by atoms with Gasteiger partial charge in [-0.05, 0) is 38.0 Å². The fourth-order valence-corrected chi connectivity index (χ4v) is 1.73. The molecule has 4 heteroatoms. The van der Waals surface area contributed by atoms with Crippen LogP contribution in [0.5, 0.6) is 0 Å². The molecule has 1 aliphatic rings. The van der Waals surface area contributed by atoms with E-state index in [1.165, 1.54) is 12.1 Å². The van der Waals surface area contributed by atoms with Crippen LogP contribution in [0.2, 0.25) is 0 Å². The Labute approximate surface area is 101 Å². The first kappa shape index (κ1) is 11.9. The Morgan fingerprint density at radius 3 is 2.88 bits per heavy atom. The predicted molar refractivity (Wildman–Crippen MR) is 65.5 cm³/mol. The second kappa shape index (κ2) is 5.17. The number of carbonyl (C=O) groups is 1. The number of hydrogen-bond donors (Lipinski definition) is 1. The highest BCUT2D eigenvalue weighted by molar-refractivity contribution is 5.81. The van der Waals surface area contributed by atoms with Crippen LogP contribution in [0.4, 0.5) is 10.1 Å². The van der Waals surface area contributed by atoms with E-state index in [4.69, 9.17) is 0 Å². The molecule has 1 aromatic rings. The van der Waals surface area contributed by atoms with E-state index in [1.54, 1.807) is 6.07 Å². The Hall–Kier alpha value is -1.58. The van der Waals surface area contributed by atoms with Crippen LogP contribution in [0.3, 0.4) is 0 Å². The van der Waals surface area contributed by atoms with Gasteiger partial charge in [-0.2, -0.15) is 0 Å². The smallest absolute Gasteiger partial charge is 0.239 e. The fraction of sp³-hybridized carbons (Fsp3) is 0.462. The van der Waals surface area contributed by atoms with Crippen molar-refractivity contribution in [2.75, 3.05) is 18.0 Å². The van der Waals surface area contributed by atoms with Crippen LogP contribution in [0.1, 0.15) is 19.8 Å². The molecule has 0 bridgehead atoms. The average Bonchev–Trinajstić information content (AvgIpc) is 3.09. The summed E-state index contributed by atoms with van der Waals surface area (Å²) >= 11 is 0. The molecule has 1 aromatic carbocycles. The maximum Gasteiger partial charge on any atom is 0.239 e. The van der Waals surface area contributed by atoms with E-state index < -0.39 is 0 Å². The molecule has 1 fully saturated rings.